The summed E-state index contributed by atoms with van der Waals surface area (Å²) in [6.07, 6.45) is 3.62. The topological polar surface area (TPSA) is 41.1 Å². The average Bonchev–Trinajstić information content (AvgIpc) is 2.40. The molecule has 1 amide bonds. The summed E-state index contributed by atoms with van der Waals surface area (Å²) in [5.74, 6) is 0.763. The van der Waals surface area contributed by atoms with E-state index in [1.54, 1.807) is 0 Å². The standard InChI is InChI=1S/C15H22N2O/c1-12-4-2-6-14(10-12)15(18)17-9-7-13-5-3-8-16-11-13/h2,4,6,10,13,16H,3,5,7-9,11H2,1H3,(H,17,18). The number of hydrogen-bond donors (Lipinski definition) is 2. The fourth-order valence-corrected chi connectivity index (χ4v) is 2.45. The van der Waals surface area contributed by atoms with E-state index in [9.17, 15) is 4.79 Å². The van der Waals surface area contributed by atoms with Crippen LogP contribution in [-0.2, 0) is 0 Å². The molecule has 1 heterocycles. The summed E-state index contributed by atoms with van der Waals surface area (Å²) in [5.41, 5.74) is 1.89. The molecule has 1 aromatic rings. The van der Waals surface area contributed by atoms with Gasteiger partial charge < -0.3 is 10.6 Å². The van der Waals surface area contributed by atoms with Gasteiger partial charge in [0.25, 0.3) is 5.91 Å². The van der Waals surface area contributed by atoms with Gasteiger partial charge in [-0.2, -0.15) is 0 Å². The lowest BCUT2D eigenvalue weighted by Crippen LogP contribution is -2.33. The molecule has 1 atom stereocenters. The Balaban J connectivity index is 1.74. The van der Waals surface area contributed by atoms with Crippen molar-refractivity contribution >= 4 is 5.91 Å². The molecule has 98 valence electrons. The highest BCUT2D eigenvalue weighted by Crippen LogP contribution is 2.13. The van der Waals surface area contributed by atoms with Crippen LogP contribution in [0.2, 0.25) is 0 Å². The number of carbonyl (C=O) groups is 1. The normalized spacial score (nSPS) is 19.5. The molecule has 1 saturated heterocycles. The van der Waals surface area contributed by atoms with Gasteiger partial charge in [0.15, 0.2) is 0 Å². The molecule has 0 radical (unpaired) electrons. The van der Waals surface area contributed by atoms with Crippen molar-refractivity contribution in [1.82, 2.24) is 10.6 Å². The molecule has 0 saturated carbocycles. The molecule has 1 aliphatic rings. The van der Waals surface area contributed by atoms with E-state index in [0.29, 0.717) is 0 Å². The first-order valence-corrected chi connectivity index (χ1v) is 6.81. The number of hydrogen-bond acceptors (Lipinski definition) is 2. The van der Waals surface area contributed by atoms with Gasteiger partial charge in [-0.15, -0.1) is 0 Å². The molecular formula is C15H22N2O. The SMILES string of the molecule is Cc1cccc(C(=O)NCCC2CCCNC2)c1. The lowest BCUT2D eigenvalue weighted by atomic mass is 9.96. The molecule has 2 N–H and O–H groups in total. The summed E-state index contributed by atoms with van der Waals surface area (Å²) in [4.78, 5) is 11.9. The zero-order valence-electron chi connectivity index (χ0n) is 11.0. The van der Waals surface area contributed by atoms with Gasteiger partial charge in [-0.25, -0.2) is 0 Å². The molecule has 1 aliphatic heterocycles. The number of benzene rings is 1. The molecule has 0 aliphatic carbocycles. The van der Waals surface area contributed by atoms with Crippen LogP contribution in [0.3, 0.4) is 0 Å². The minimum atomic E-state index is 0.0440. The first-order valence-electron chi connectivity index (χ1n) is 6.81. The maximum atomic E-state index is 11.9. The summed E-state index contributed by atoms with van der Waals surface area (Å²) in [6, 6.07) is 7.72. The highest BCUT2D eigenvalue weighted by atomic mass is 16.1. The van der Waals surface area contributed by atoms with Gasteiger partial charge in [0, 0.05) is 12.1 Å². The fourth-order valence-electron chi connectivity index (χ4n) is 2.45. The van der Waals surface area contributed by atoms with Gasteiger partial charge in [-0.3, -0.25) is 4.79 Å². The van der Waals surface area contributed by atoms with Crippen LogP contribution in [0.4, 0.5) is 0 Å². The number of piperidine rings is 1. The summed E-state index contributed by atoms with van der Waals surface area (Å²) in [6.45, 7) is 5.02. The number of nitrogens with one attached hydrogen (secondary N) is 2. The van der Waals surface area contributed by atoms with E-state index in [2.05, 4.69) is 10.6 Å². The molecule has 0 bridgehead atoms. The third kappa shape index (κ3) is 3.84. The van der Waals surface area contributed by atoms with E-state index in [0.717, 1.165) is 43.1 Å². The molecule has 2 rings (SSSR count). The van der Waals surface area contributed by atoms with Crippen LogP contribution >= 0.6 is 0 Å². The highest BCUT2D eigenvalue weighted by Gasteiger charge is 2.13. The third-order valence-electron chi connectivity index (χ3n) is 3.52. The summed E-state index contributed by atoms with van der Waals surface area (Å²) < 4.78 is 0. The Kier molecular flexibility index (Phi) is 4.76. The van der Waals surface area contributed by atoms with Gasteiger partial charge >= 0.3 is 0 Å². The molecule has 3 heteroatoms. The minimum Gasteiger partial charge on any atom is -0.352 e. The van der Waals surface area contributed by atoms with Crippen molar-refractivity contribution < 1.29 is 4.79 Å². The molecule has 1 unspecified atom stereocenters. The maximum Gasteiger partial charge on any atom is 0.251 e. The van der Waals surface area contributed by atoms with Crippen molar-refractivity contribution in [1.29, 1.82) is 0 Å². The lowest BCUT2D eigenvalue weighted by molar-refractivity contribution is 0.0950. The first-order chi connectivity index (χ1) is 8.75. The summed E-state index contributed by atoms with van der Waals surface area (Å²) >= 11 is 0. The third-order valence-corrected chi connectivity index (χ3v) is 3.52. The number of aryl methyl sites for hydroxylation is 1. The minimum absolute atomic E-state index is 0.0440. The second-order valence-electron chi connectivity index (χ2n) is 5.13. The molecular weight excluding hydrogens is 224 g/mol. The van der Waals surface area contributed by atoms with Crippen LogP contribution in [0.15, 0.2) is 24.3 Å². The highest BCUT2D eigenvalue weighted by molar-refractivity contribution is 5.94. The van der Waals surface area contributed by atoms with E-state index >= 15 is 0 Å². The lowest BCUT2D eigenvalue weighted by Gasteiger charge is -2.22. The van der Waals surface area contributed by atoms with E-state index in [1.807, 2.05) is 31.2 Å². The Morgan fingerprint density at radius 2 is 2.39 bits per heavy atom. The second-order valence-corrected chi connectivity index (χ2v) is 5.13. The van der Waals surface area contributed by atoms with Gasteiger partial charge in [0.2, 0.25) is 0 Å². The monoisotopic (exact) mass is 246 g/mol. The van der Waals surface area contributed by atoms with Crippen LogP contribution in [0, 0.1) is 12.8 Å². The van der Waals surface area contributed by atoms with Gasteiger partial charge in [0.1, 0.15) is 0 Å². The van der Waals surface area contributed by atoms with Crippen molar-refractivity contribution in [3.63, 3.8) is 0 Å². The average molecular weight is 246 g/mol. The number of rotatable bonds is 4. The maximum absolute atomic E-state index is 11.9. The van der Waals surface area contributed by atoms with E-state index < -0.39 is 0 Å². The Labute approximate surface area is 109 Å². The zero-order chi connectivity index (χ0) is 12.8. The van der Waals surface area contributed by atoms with Gasteiger partial charge in [-0.1, -0.05) is 17.7 Å². The van der Waals surface area contributed by atoms with Gasteiger partial charge in [0.05, 0.1) is 0 Å². The predicted octanol–water partition coefficient (Wildman–Crippen LogP) is 2.11. The quantitative estimate of drug-likeness (QED) is 0.854. The Morgan fingerprint density at radius 1 is 1.50 bits per heavy atom. The van der Waals surface area contributed by atoms with E-state index in [1.165, 1.54) is 12.8 Å². The van der Waals surface area contributed by atoms with Crippen LogP contribution in [0.1, 0.15) is 35.2 Å². The molecule has 18 heavy (non-hydrogen) atoms. The fraction of sp³-hybridized carbons (Fsp3) is 0.533. The summed E-state index contributed by atoms with van der Waals surface area (Å²) in [5, 5.41) is 6.41. The molecule has 0 aromatic heterocycles. The Bertz CT molecular complexity index is 397. The van der Waals surface area contributed by atoms with Crippen LogP contribution in [0.5, 0.6) is 0 Å². The van der Waals surface area contributed by atoms with Crippen LogP contribution in [-0.4, -0.2) is 25.5 Å². The Hall–Kier alpha value is -1.35. The van der Waals surface area contributed by atoms with E-state index in [-0.39, 0.29) is 5.91 Å². The van der Waals surface area contributed by atoms with Crippen LogP contribution in [0.25, 0.3) is 0 Å². The largest absolute Gasteiger partial charge is 0.352 e. The van der Waals surface area contributed by atoms with Crippen molar-refractivity contribution in [2.24, 2.45) is 5.92 Å². The number of amides is 1. The predicted molar refractivity (Wildman–Crippen MR) is 73.7 cm³/mol. The smallest absolute Gasteiger partial charge is 0.251 e. The Morgan fingerprint density at radius 3 is 3.11 bits per heavy atom. The molecule has 0 spiro atoms. The van der Waals surface area contributed by atoms with Crippen molar-refractivity contribution in [2.75, 3.05) is 19.6 Å². The first kappa shape index (κ1) is 13.1. The van der Waals surface area contributed by atoms with Crippen molar-refractivity contribution in [3.8, 4) is 0 Å². The zero-order valence-corrected chi connectivity index (χ0v) is 11.0. The molecule has 1 fully saturated rings. The second kappa shape index (κ2) is 6.55. The molecule has 1 aromatic carbocycles. The van der Waals surface area contributed by atoms with Gasteiger partial charge in [-0.05, 0) is 57.3 Å². The van der Waals surface area contributed by atoms with Crippen molar-refractivity contribution in [2.45, 2.75) is 26.2 Å². The van der Waals surface area contributed by atoms with Crippen molar-refractivity contribution in [3.05, 3.63) is 35.4 Å². The summed E-state index contributed by atoms with van der Waals surface area (Å²) in [7, 11) is 0. The van der Waals surface area contributed by atoms with E-state index in [4.69, 9.17) is 0 Å². The number of carbonyl (C=O) groups excluding carboxylic acids is 1. The van der Waals surface area contributed by atoms with Crippen LogP contribution < -0.4 is 10.6 Å². The molecule has 3 nitrogen and oxygen atoms in total.